The number of piperidine rings is 2. The second-order valence-corrected chi connectivity index (χ2v) is 9.87. The summed E-state index contributed by atoms with van der Waals surface area (Å²) in [5, 5.41) is 0. The molecule has 0 aliphatic carbocycles. The van der Waals surface area contributed by atoms with Crippen LogP contribution in [0, 0.1) is 11.8 Å². The largest absolute Gasteiger partial charge is 0.343 e. The number of fused-ring (bicyclic) bond motifs is 1. The van der Waals surface area contributed by atoms with Gasteiger partial charge in [0.2, 0.25) is 11.8 Å². The molecule has 0 saturated carbocycles. The number of imidazole rings is 1. The van der Waals surface area contributed by atoms with Crippen molar-refractivity contribution in [2.75, 3.05) is 26.2 Å². The van der Waals surface area contributed by atoms with E-state index in [0.717, 1.165) is 54.9 Å². The molecule has 0 N–H and O–H groups in total. The first-order valence-electron chi connectivity index (χ1n) is 12.7. The van der Waals surface area contributed by atoms with E-state index in [0.29, 0.717) is 37.8 Å². The lowest BCUT2D eigenvalue weighted by molar-refractivity contribution is -0.142. The standard InChI is InChI=1S/C28H34N4O2/c1-21-8-7-17-31(20-21)28(34)22-15-18-30(19-16-22)27(33)14-13-26-29-24-11-5-6-12-25(24)32(26)23-9-3-2-4-10-23/h2-6,9-12,21-22H,7-8,13-20H2,1H3. The van der Waals surface area contributed by atoms with Crippen LogP contribution in [0.3, 0.4) is 0 Å². The molecule has 0 spiro atoms. The van der Waals surface area contributed by atoms with Gasteiger partial charge in [-0.1, -0.05) is 37.3 Å². The predicted molar refractivity (Wildman–Crippen MR) is 134 cm³/mol. The predicted octanol–water partition coefficient (Wildman–Crippen LogP) is 4.46. The molecule has 5 rings (SSSR count). The van der Waals surface area contributed by atoms with Crippen molar-refractivity contribution in [2.45, 2.75) is 45.4 Å². The molecule has 3 heterocycles. The van der Waals surface area contributed by atoms with Crippen LogP contribution in [-0.2, 0) is 16.0 Å². The molecule has 1 atom stereocenters. The van der Waals surface area contributed by atoms with E-state index in [1.807, 2.05) is 41.3 Å². The fourth-order valence-electron chi connectivity index (χ4n) is 5.51. The van der Waals surface area contributed by atoms with Crippen molar-refractivity contribution in [2.24, 2.45) is 11.8 Å². The molecule has 2 aliphatic rings. The lowest BCUT2D eigenvalue weighted by atomic mass is 9.92. The Morgan fingerprint density at radius 2 is 1.65 bits per heavy atom. The second kappa shape index (κ2) is 10.00. The highest BCUT2D eigenvalue weighted by Crippen LogP contribution is 2.25. The maximum absolute atomic E-state index is 13.0. The van der Waals surface area contributed by atoms with Gasteiger partial charge in [-0.2, -0.15) is 0 Å². The number of hydrogen-bond donors (Lipinski definition) is 0. The Hall–Kier alpha value is -3.15. The zero-order valence-corrected chi connectivity index (χ0v) is 20.0. The topological polar surface area (TPSA) is 58.4 Å². The zero-order chi connectivity index (χ0) is 23.5. The van der Waals surface area contributed by atoms with Crippen LogP contribution in [0.4, 0.5) is 0 Å². The Morgan fingerprint density at radius 3 is 2.41 bits per heavy atom. The summed E-state index contributed by atoms with van der Waals surface area (Å²) in [5.74, 6) is 2.03. The molecule has 178 valence electrons. The highest BCUT2D eigenvalue weighted by atomic mass is 16.2. The third-order valence-corrected chi connectivity index (χ3v) is 7.37. The van der Waals surface area contributed by atoms with Gasteiger partial charge in [-0.15, -0.1) is 0 Å². The minimum atomic E-state index is 0.0663. The minimum absolute atomic E-state index is 0.0663. The van der Waals surface area contributed by atoms with E-state index in [4.69, 9.17) is 4.98 Å². The Labute approximate surface area is 201 Å². The molecule has 34 heavy (non-hydrogen) atoms. The number of aryl methyl sites for hydroxylation is 1. The number of nitrogens with zero attached hydrogens (tertiary/aromatic N) is 4. The lowest BCUT2D eigenvalue weighted by Crippen LogP contribution is -2.47. The monoisotopic (exact) mass is 458 g/mol. The third kappa shape index (κ3) is 4.72. The summed E-state index contributed by atoms with van der Waals surface area (Å²) in [7, 11) is 0. The maximum atomic E-state index is 13.0. The van der Waals surface area contributed by atoms with Crippen molar-refractivity contribution in [1.29, 1.82) is 0 Å². The summed E-state index contributed by atoms with van der Waals surface area (Å²) in [6.45, 7) is 5.36. The number of hydrogen-bond acceptors (Lipinski definition) is 3. The Bertz CT molecular complexity index is 1150. The molecule has 2 fully saturated rings. The summed E-state index contributed by atoms with van der Waals surface area (Å²) in [6, 6.07) is 18.3. The molecule has 2 amide bonds. The van der Waals surface area contributed by atoms with Crippen molar-refractivity contribution >= 4 is 22.8 Å². The van der Waals surface area contributed by atoms with Crippen LogP contribution in [0.15, 0.2) is 54.6 Å². The van der Waals surface area contributed by atoms with Crippen LogP contribution >= 0.6 is 0 Å². The van der Waals surface area contributed by atoms with E-state index in [1.54, 1.807) is 0 Å². The van der Waals surface area contributed by atoms with Crippen LogP contribution in [0.5, 0.6) is 0 Å². The Kier molecular flexibility index (Phi) is 6.66. The zero-order valence-electron chi connectivity index (χ0n) is 20.0. The summed E-state index contributed by atoms with van der Waals surface area (Å²) in [4.78, 5) is 34.8. The van der Waals surface area contributed by atoms with E-state index < -0.39 is 0 Å². The van der Waals surface area contributed by atoms with Crippen molar-refractivity contribution in [1.82, 2.24) is 19.4 Å². The van der Waals surface area contributed by atoms with Gasteiger partial charge >= 0.3 is 0 Å². The highest BCUT2D eigenvalue weighted by molar-refractivity contribution is 5.81. The molecule has 2 saturated heterocycles. The SMILES string of the molecule is CC1CCCN(C(=O)C2CCN(C(=O)CCc3nc4ccccc4n3-c3ccccc3)CC2)C1. The normalized spacial score (nSPS) is 19.5. The van der Waals surface area contributed by atoms with Gasteiger partial charge in [0, 0.05) is 50.6 Å². The van der Waals surface area contributed by atoms with Gasteiger partial charge in [0.05, 0.1) is 11.0 Å². The average molecular weight is 459 g/mol. The fraction of sp³-hybridized carbons (Fsp3) is 0.464. The van der Waals surface area contributed by atoms with Gasteiger partial charge in [0.1, 0.15) is 5.82 Å². The van der Waals surface area contributed by atoms with E-state index in [-0.39, 0.29) is 11.8 Å². The quantitative estimate of drug-likeness (QED) is 0.567. The van der Waals surface area contributed by atoms with Crippen molar-refractivity contribution < 1.29 is 9.59 Å². The number of carbonyl (C=O) groups is 2. The Balaban J connectivity index is 1.21. The van der Waals surface area contributed by atoms with E-state index in [1.165, 1.54) is 6.42 Å². The molecule has 2 aliphatic heterocycles. The van der Waals surface area contributed by atoms with Gasteiger partial charge in [-0.25, -0.2) is 4.98 Å². The smallest absolute Gasteiger partial charge is 0.225 e. The number of benzene rings is 2. The van der Waals surface area contributed by atoms with E-state index >= 15 is 0 Å². The summed E-state index contributed by atoms with van der Waals surface area (Å²) in [5.41, 5.74) is 3.06. The molecule has 2 aromatic carbocycles. The van der Waals surface area contributed by atoms with Crippen LogP contribution in [0.2, 0.25) is 0 Å². The van der Waals surface area contributed by atoms with Crippen LogP contribution in [0.25, 0.3) is 16.7 Å². The number of para-hydroxylation sites is 3. The summed E-state index contributed by atoms with van der Waals surface area (Å²) < 4.78 is 2.16. The fourth-order valence-corrected chi connectivity index (χ4v) is 5.51. The first kappa shape index (κ1) is 22.6. The second-order valence-electron chi connectivity index (χ2n) is 9.87. The van der Waals surface area contributed by atoms with Gasteiger partial charge in [0.25, 0.3) is 0 Å². The molecular weight excluding hydrogens is 424 g/mol. The minimum Gasteiger partial charge on any atom is -0.343 e. The molecule has 3 aromatic rings. The molecule has 6 nitrogen and oxygen atoms in total. The molecule has 6 heteroatoms. The molecular formula is C28H34N4O2. The van der Waals surface area contributed by atoms with E-state index in [2.05, 4.69) is 34.6 Å². The van der Waals surface area contributed by atoms with Crippen LogP contribution < -0.4 is 0 Å². The highest BCUT2D eigenvalue weighted by Gasteiger charge is 2.31. The number of rotatable bonds is 5. The van der Waals surface area contributed by atoms with Crippen molar-refractivity contribution in [3.05, 3.63) is 60.4 Å². The first-order valence-corrected chi connectivity index (χ1v) is 12.7. The average Bonchev–Trinajstić information content (AvgIpc) is 3.26. The van der Waals surface area contributed by atoms with Gasteiger partial charge in [-0.3, -0.25) is 14.2 Å². The molecule has 1 aromatic heterocycles. The molecule has 0 radical (unpaired) electrons. The van der Waals surface area contributed by atoms with Crippen LogP contribution in [-0.4, -0.2) is 57.3 Å². The number of likely N-dealkylation sites (tertiary alicyclic amines) is 2. The Morgan fingerprint density at radius 1 is 0.912 bits per heavy atom. The number of carbonyl (C=O) groups excluding carboxylic acids is 2. The first-order chi connectivity index (χ1) is 16.6. The number of aromatic nitrogens is 2. The van der Waals surface area contributed by atoms with Crippen LogP contribution in [0.1, 0.15) is 44.9 Å². The van der Waals surface area contributed by atoms with Gasteiger partial charge in [0.15, 0.2) is 0 Å². The van der Waals surface area contributed by atoms with Gasteiger partial charge in [-0.05, 0) is 55.9 Å². The van der Waals surface area contributed by atoms with Crippen molar-refractivity contribution in [3.8, 4) is 5.69 Å². The summed E-state index contributed by atoms with van der Waals surface area (Å²) >= 11 is 0. The molecule has 1 unspecified atom stereocenters. The van der Waals surface area contributed by atoms with Gasteiger partial charge < -0.3 is 9.80 Å². The van der Waals surface area contributed by atoms with E-state index in [9.17, 15) is 9.59 Å². The summed E-state index contributed by atoms with van der Waals surface area (Å²) in [6.07, 6.45) is 4.90. The molecule has 0 bridgehead atoms. The van der Waals surface area contributed by atoms with Crippen molar-refractivity contribution in [3.63, 3.8) is 0 Å². The third-order valence-electron chi connectivity index (χ3n) is 7.37. The maximum Gasteiger partial charge on any atom is 0.225 e. The number of amides is 2. The lowest BCUT2D eigenvalue weighted by Gasteiger charge is -2.37.